The molecule has 4 nitrogen and oxygen atoms in total. The maximum absolute atomic E-state index is 11.1. The summed E-state index contributed by atoms with van der Waals surface area (Å²) in [6.45, 7) is 2.44. The Bertz CT molecular complexity index is 588. The standard InChI is InChI=1S/C15H16N2O2S/c1-12-6-5-9-14(15(12)17(18)19)16-10-11-20-13-7-3-2-4-8-13/h2-9,16H,10-11H2,1H3. The second-order valence-electron chi connectivity index (χ2n) is 4.32. The minimum Gasteiger partial charge on any atom is -0.379 e. The number of nitro benzene ring substituents is 1. The fraction of sp³-hybridized carbons (Fsp3) is 0.200. The van der Waals surface area contributed by atoms with Crippen LogP contribution in [0.25, 0.3) is 0 Å². The molecular weight excluding hydrogens is 272 g/mol. The van der Waals surface area contributed by atoms with Gasteiger partial charge in [-0.3, -0.25) is 10.1 Å². The van der Waals surface area contributed by atoms with Crippen LogP contribution in [0.2, 0.25) is 0 Å². The molecule has 0 saturated carbocycles. The Morgan fingerprint density at radius 3 is 2.60 bits per heavy atom. The van der Waals surface area contributed by atoms with E-state index in [-0.39, 0.29) is 10.6 Å². The van der Waals surface area contributed by atoms with Gasteiger partial charge < -0.3 is 5.32 Å². The fourth-order valence-electron chi connectivity index (χ4n) is 1.92. The molecule has 0 spiro atoms. The number of benzene rings is 2. The van der Waals surface area contributed by atoms with Crippen molar-refractivity contribution in [3.8, 4) is 0 Å². The quantitative estimate of drug-likeness (QED) is 0.376. The van der Waals surface area contributed by atoms with E-state index in [2.05, 4.69) is 17.4 Å². The molecule has 1 N–H and O–H groups in total. The van der Waals surface area contributed by atoms with Crippen LogP contribution in [0.1, 0.15) is 5.56 Å². The van der Waals surface area contributed by atoms with E-state index in [1.807, 2.05) is 24.3 Å². The smallest absolute Gasteiger partial charge is 0.295 e. The highest BCUT2D eigenvalue weighted by Crippen LogP contribution is 2.28. The second kappa shape index (κ2) is 6.96. The molecular formula is C15H16N2O2S. The van der Waals surface area contributed by atoms with E-state index in [0.717, 1.165) is 5.75 Å². The zero-order valence-corrected chi connectivity index (χ0v) is 12.0. The van der Waals surface area contributed by atoms with Crippen molar-refractivity contribution in [1.29, 1.82) is 0 Å². The van der Waals surface area contributed by atoms with Gasteiger partial charge in [0.2, 0.25) is 0 Å². The molecule has 104 valence electrons. The lowest BCUT2D eigenvalue weighted by Crippen LogP contribution is -2.07. The van der Waals surface area contributed by atoms with Crippen LogP contribution >= 0.6 is 11.8 Å². The number of thioether (sulfide) groups is 1. The molecule has 2 rings (SSSR count). The Hall–Kier alpha value is -2.01. The van der Waals surface area contributed by atoms with Gasteiger partial charge in [-0.1, -0.05) is 30.3 Å². The first-order chi connectivity index (χ1) is 9.68. The Morgan fingerprint density at radius 2 is 1.90 bits per heavy atom. The van der Waals surface area contributed by atoms with Crippen LogP contribution in [-0.2, 0) is 0 Å². The van der Waals surface area contributed by atoms with Gasteiger partial charge >= 0.3 is 0 Å². The molecule has 0 bridgehead atoms. The summed E-state index contributed by atoms with van der Waals surface area (Å²) in [5.74, 6) is 0.856. The third-order valence-electron chi connectivity index (χ3n) is 2.85. The zero-order chi connectivity index (χ0) is 14.4. The minimum absolute atomic E-state index is 0.164. The number of aryl methyl sites for hydroxylation is 1. The molecule has 2 aromatic rings. The topological polar surface area (TPSA) is 55.2 Å². The molecule has 0 heterocycles. The molecule has 0 aromatic heterocycles. The molecule has 0 amide bonds. The first-order valence-corrected chi connectivity index (χ1v) is 7.33. The predicted molar refractivity (Wildman–Crippen MR) is 83.5 cm³/mol. The Balaban J connectivity index is 1.92. The summed E-state index contributed by atoms with van der Waals surface area (Å²) in [6.07, 6.45) is 0. The highest BCUT2D eigenvalue weighted by Gasteiger charge is 2.15. The molecule has 0 fully saturated rings. The van der Waals surface area contributed by atoms with Gasteiger partial charge in [-0.15, -0.1) is 11.8 Å². The largest absolute Gasteiger partial charge is 0.379 e. The maximum atomic E-state index is 11.1. The van der Waals surface area contributed by atoms with E-state index in [1.165, 1.54) is 4.90 Å². The number of rotatable bonds is 6. The molecule has 0 atom stereocenters. The van der Waals surface area contributed by atoms with Crippen LogP contribution in [0, 0.1) is 17.0 Å². The molecule has 0 aliphatic rings. The predicted octanol–water partition coefficient (Wildman–Crippen LogP) is 4.11. The van der Waals surface area contributed by atoms with E-state index < -0.39 is 0 Å². The summed E-state index contributed by atoms with van der Waals surface area (Å²) in [6, 6.07) is 15.4. The molecule has 0 radical (unpaired) electrons. The van der Waals surface area contributed by atoms with Gasteiger partial charge in [0.15, 0.2) is 0 Å². The maximum Gasteiger partial charge on any atom is 0.295 e. The first-order valence-electron chi connectivity index (χ1n) is 6.34. The van der Waals surface area contributed by atoms with Crippen molar-refractivity contribution in [2.24, 2.45) is 0 Å². The number of hydrogen-bond acceptors (Lipinski definition) is 4. The van der Waals surface area contributed by atoms with Crippen molar-refractivity contribution in [3.05, 3.63) is 64.2 Å². The van der Waals surface area contributed by atoms with Crippen LogP contribution < -0.4 is 5.32 Å². The summed E-state index contributed by atoms with van der Waals surface area (Å²) in [7, 11) is 0. The Labute approximate surface area is 122 Å². The number of nitrogens with zero attached hydrogens (tertiary/aromatic N) is 1. The van der Waals surface area contributed by atoms with Gasteiger partial charge in [0.1, 0.15) is 5.69 Å². The van der Waals surface area contributed by atoms with E-state index in [9.17, 15) is 10.1 Å². The molecule has 20 heavy (non-hydrogen) atoms. The first kappa shape index (κ1) is 14.4. The summed E-state index contributed by atoms with van der Waals surface area (Å²) in [5.41, 5.74) is 1.43. The SMILES string of the molecule is Cc1cccc(NCCSc2ccccc2)c1[N+](=O)[O-]. The van der Waals surface area contributed by atoms with Crippen molar-refractivity contribution >= 4 is 23.1 Å². The molecule has 0 aliphatic heterocycles. The van der Waals surface area contributed by atoms with Crippen molar-refractivity contribution < 1.29 is 4.92 Å². The van der Waals surface area contributed by atoms with E-state index in [1.54, 1.807) is 30.8 Å². The van der Waals surface area contributed by atoms with Crippen molar-refractivity contribution in [2.75, 3.05) is 17.6 Å². The zero-order valence-electron chi connectivity index (χ0n) is 11.2. The lowest BCUT2D eigenvalue weighted by atomic mass is 10.1. The van der Waals surface area contributed by atoms with Gasteiger partial charge in [0.25, 0.3) is 5.69 Å². The van der Waals surface area contributed by atoms with Crippen molar-refractivity contribution in [3.63, 3.8) is 0 Å². The van der Waals surface area contributed by atoms with Gasteiger partial charge in [-0.25, -0.2) is 0 Å². The molecule has 0 saturated heterocycles. The van der Waals surface area contributed by atoms with Crippen molar-refractivity contribution in [1.82, 2.24) is 0 Å². The second-order valence-corrected chi connectivity index (χ2v) is 5.48. The number of hydrogen-bond donors (Lipinski definition) is 1. The highest BCUT2D eigenvalue weighted by atomic mass is 32.2. The average molecular weight is 288 g/mol. The molecule has 5 heteroatoms. The summed E-state index contributed by atoms with van der Waals surface area (Å²) >= 11 is 1.73. The lowest BCUT2D eigenvalue weighted by Gasteiger charge is -2.08. The lowest BCUT2D eigenvalue weighted by molar-refractivity contribution is -0.384. The molecule has 0 aliphatic carbocycles. The van der Waals surface area contributed by atoms with Crippen LogP contribution in [-0.4, -0.2) is 17.2 Å². The Morgan fingerprint density at radius 1 is 1.15 bits per heavy atom. The minimum atomic E-state index is -0.331. The van der Waals surface area contributed by atoms with Crippen molar-refractivity contribution in [2.45, 2.75) is 11.8 Å². The third kappa shape index (κ3) is 3.74. The summed E-state index contributed by atoms with van der Waals surface area (Å²) in [5, 5.41) is 14.2. The Kier molecular flexibility index (Phi) is 5.01. The number of anilines is 1. The van der Waals surface area contributed by atoms with Gasteiger partial charge in [-0.05, 0) is 25.1 Å². The highest BCUT2D eigenvalue weighted by molar-refractivity contribution is 7.99. The van der Waals surface area contributed by atoms with E-state index in [4.69, 9.17) is 0 Å². The van der Waals surface area contributed by atoms with Crippen LogP contribution in [0.3, 0.4) is 0 Å². The van der Waals surface area contributed by atoms with Crippen LogP contribution in [0.4, 0.5) is 11.4 Å². The number of para-hydroxylation sites is 1. The van der Waals surface area contributed by atoms with E-state index in [0.29, 0.717) is 17.8 Å². The van der Waals surface area contributed by atoms with E-state index >= 15 is 0 Å². The monoisotopic (exact) mass is 288 g/mol. The van der Waals surface area contributed by atoms with Gasteiger partial charge in [0.05, 0.1) is 4.92 Å². The molecule has 2 aromatic carbocycles. The summed E-state index contributed by atoms with van der Waals surface area (Å²) < 4.78 is 0. The summed E-state index contributed by atoms with van der Waals surface area (Å²) in [4.78, 5) is 11.9. The van der Waals surface area contributed by atoms with Crippen LogP contribution in [0.5, 0.6) is 0 Å². The average Bonchev–Trinajstić information content (AvgIpc) is 2.44. The number of nitro groups is 1. The van der Waals surface area contributed by atoms with Gasteiger partial charge in [-0.2, -0.15) is 0 Å². The number of nitrogens with one attached hydrogen (secondary N) is 1. The molecule has 0 unspecified atom stereocenters. The third-order valence-corrected chi connectivity index (χ3v) is 3.86. The van der Waals surface area contributed by atoms with Gasteiger partial charge in [0, 0.05) is 22.8 Å². The van der Waals surface area contributed by atoms with Crippen LogP contribution in [0.15, 0.2) is 53.4 Å². The normalized spacial score (nSPS) is 10.2. The fourth-order valence-corrected chi connectivity index (χ4v) is 2.70.